The van der Waals surface area contributed by atoms with E-state index in [0.29, 0.717) is 0 Å². The van der Waals surface area contributed by atoms with Gasteiger partial charge >= 0.3 is 0 Å². The number of phenolic OH excluding ortho intramolecular Hbond substituents is 2. The van der Waals surface area contributed by atoms with Gasteiger partial charge in [-0.2, -0.15) is 0 Å². The van der Waals surface area contributed by atoms with Crippen LogP contribution >= 0.6 is 0 Å². The second kappa shape index (κ2) is 5.49. The van der Waals surface area contributed by atoms with Gasteiger partial charge in [0, 0.05) is 13.5 Å². The number of hydrogen-bond acceptors (Lipinski definition) is 7. The number of rotatable bonds is 4. The smallest absolute Gasteiger partial charge is 0.207 e. The van der Waals surface area contributed by atoms with Gasteiger partial charge in [-0.05, 0) is 6.42 Å². The normalized spacial score (nSPS) is 20.7. The highest BCUT2D eigenvalue weighted by molar-refractivity contribution is 6.21. The van der Waals surface area contributed by atoms with E-state index < -0.39 is 28.7 Å². The van der Waals surface area contributed by atoms with E-state index in [1.54, 1.807) is 6.92 Å². The maximum absolute atomic E-state index is 12.7. The topological polar surface area (TPSA) is 102 Å². The minimum atomic E-state index is -1.35. The summed E-state index contributed by atoms with van der Waals surface area (Å²) in [5.74, 6) is -2.54. The van der Waals surface area contributed by atoms with Crippen molar-refractivity contribution in [3.05, 3.63) is 11.1 Å². The number of hydrogen-bond donors (Lipinski definition) is 2. The van der Waals surface area contributed by atoms with E-state index in [4.69, 9.17) is 14.2 Å². The van der Waals surface area contributed by atoms with Crippen molar-refractivity contribution >= 4 is 11.6 Å². The Morgan fingerprint density at radius 2 is 1.50 bits per heavy atom. The van der Waals surface area contributed by atoms with Crippen molar-refractivity contribution in [3.8, 4) is 23.0 Å². The number of carbonyl (C=O) groups excluding carboxylic acids is 2. The van der Waals surface area contributed by atoms with Crippen LogP contribution in [0.5, 0.6) is 23.0 Å². The first-order chi connectivity index (χ1) is 10.4. The maximum atomic E-state index is 12.7. The van der Waals surface area contributed by atoms with Crippen molar-refractivity contribution in [1.82, 2.24) is 0 Å². The lowest BCUT2D eigenvalue weighted by atomic mass is 9.76. The quantitative estimate of drug-likeness (QED) is 0.816. The van der Waals surface area contributed by atoms with Gasteiger partial charge < -0.3 is 24.4 Å². The number of ether oxygens (including phenoxy) is 3. The minimum Gasteiger partial charge on any atom is -0.504 e. The monoisotopic (exact) mass is 310 g/mol. The number of carbonyl (C=O) groups is 2. The summed E-state index contributed by atoms with van der Waals surface area (Å²) in [6.07, 6.45) is 0.0381. The van der Waals surface area contributed by atoms with Gasteiger partial charge in [0.1, 0.15) is 5.60 Å². The summed E-state index contributed by atoms with van der Waals surface area (Å²) >= 11 is 0. The Kier molecular flexibility index (Phi) is 4.02. The third-order valence-electron chi connectivity index (χ3n) is 4.10. The fourth-order valence-electron chi connectivity index (χ4n) is 2.80. The third kappa shape index (κ3) is 1.93. The van der Waals surface area contributed by atoms with E-state index in [0.717, 1.165) is 0 Å². The summed E-state index contributed by atoms with van der Waals surface area (Å²) in [4.78, 5) is 25.1. The summed E-state index contributed by atoms with van der Waals surface area (Å²) in [6.45, 7) is 1.71. The molecule has 1 atom stereocenters. The Balaban J connectivity index is 2.86. The number of Topliss-reactive ketones (excluding diaryl/α,β-unsaturated/α-hetero) is 2. The fourth-order valence-corrected chi connectivity index (χ4v) is 2.80. The lowest BCUT2D eigenvalue weighted by Crippen LogP contribution is -2.46. The molecule has 22 heavy (non-hydrogen) atoms. The summed E-state index contributed by atoms with van der Waals surface area (Å²) in [5.41, 5.74) is -1.91. The van der Waals surface area contributed by atoms with E-state index in [-0.39, 0.29) is 35.5 Å². The second-order valence-corrected chi connectivity index (χ2v) is 4.99. The molecule has 7 nitrogen and oxygen atoms in total. The Labute approximate surface area is 127 Å². The van der Waals surface area contributed by atoms with E-state index in [9.17, 15) is 19.8 Å². The zero-order valence-corrected chi connectivity index (χ0v) is 12.8. The van der Waals surface area contributed by atoms with E-state index in [2.05, 4.69) is 0 Å². The van der Waals surface area contributed by atoms with Gasteiger partial charge in [0.25, 0.3) is 0 Å². The Hall–Kier alpha value is -2.28. The number of fused-ring (bicyclic) bond motifs is 1. The average Bonchev–Trinajstić information content (AvgIpc) is 2.52. The molecule has 1 unspecified atom stereocenters. The maximum Gasteiger partial charge on any atom is 0.207 e. The van der Waals surface area contributed by atoms with Gasteiger partial charge in [-0.15, -0.1) is 0 Å². The van der Waals surface area contributed by atoms with Gasteiger partial charge in [-0.25, -0.2) is 0 Å². The molecule has 0 aromatic heterocycles. The molecule has 1 aromatic rings. The molecule has 2 N–H and O–H groups in total. The highest BCUT2D eigenvalue weighted by atomic mass is 16.5. The average molecular weight is 310 g/mol. The van der Waals surface area contributed by atoms with Crippen molar-refractivity contribution in [1.29, 1.82) is 0 Å². The molecule has 1 aliphatic rings. The first kappa shape index (κ1) is 16.1. The molecule has 0 bridgehead atoms. The predicted molar refractivity (Wildman–Crippen MR) is 76.2 cm³/mol. The first-order valence-electron chi connectivity index (χ1n) is 6.71. The molecule has 7 heteroatoms. The van der Waals surface area contributed by atoms with Crippen LogP contribution in [0, 0.1) is 0 Å². The third-order valence-corrected chi connectivity index (χ3v) is 4.10. The van der Waals surface area contributed by atoms with E-state index in [1.165, 1.54) is 21.3 Å². The van der Waals surface area contributed by atoms with Crippen molar-refractivity contribution in [2.24, 2.45) is 0 Å². The van der Waals surface area contributed by atoms with Crippen molar-refractivity contribution < 1.29 is 34.0 Å². The Bertz CT molecular complexity index is 644. The van der Waals surface area contributed by atoms with Crippen LogP contribution in [0.2, 0.25) is 0 Å². The predicted octanol–water partition coefficient (Wildman–Crippen LogP) is 1.68. The van der Waals surface area contributed by atoms with Gasteiger partial charge in [0.2, 0.25) is 11.5 Å². The molecule has 0 heterocycles. The van der Waals surface area contributed by atoms with Crippen LogP contribution in [0.3, 0.4) is 0 Å². The van der Waals surface area contributed by atoms with E-state index >= 15 is 0 Å². The molecule has 120 valence electrons. The molecular formula is C15H18O7. The van der Waals surface area contributed by atoms with Crippen LogP contribution < -0.4 is 9.47 Å². The Morgan fingerprint density at radius 3 is 1.91 bits per heavy atom. The van der Waals surface area contributed by atoms with Crippen molar-refractivity contribution in [2.45, 2.75) is 25.4 Å². The van der Waals surface area contributed by atoms with Crippen LogP contribution in [0.4, 0.5) is 0 Å². The molecule has 0 radical (unpaired) electrons. The molecule has 1 aromatic carbocycles. The van der Waals surface area contributed by atoms with Crippen LogP contribution in [0.15, 0.2) is 0 Å². The van der Waals surface area contributed by atoms with Gasteiger partial charge in [-0.3, -0.25) is 9.59 Å². The highest BCUT2D eigenvalue weighted by Gasteiger charge is 2.49. The van der Waals surface area contributed by atoms with Crippen molar-refractivity contribution in [2.75, 3.05) is 21.3 Å². The largest absolute Gasteiger partial charge is 0.504 e. The van der Waals surface area contributed by atoms with Crippen LogP contribution in [-0.4, -0.2) is 48.7 Å². The number of ketones is 2. The lowest BCUT2D eigenvalue weighted by Gasteiger charge is -2.34. The molecule has 1 aliphatic carbocycles. The van der Waals surface area contributed by atoms with Crippen molar-refractivity contribution in [3.63, 3.8) is 0 Å². The summed E-state index contributed by atoms with van der Waals surface area (Å²) in [6, 6.07) is 0. The number of methoxy groups -OCH3 is 3. The molecule has 0 aliphatic heterocycles. The van der Waals surface area contributed by atoms with Gasteiger partial charge in [0.05, 0.1) is 25.3 Å². The number of phenols is 2. The first-order valence-corrected chi connectivity index (χ1v) is 6.71. The van der Waals surface area contributed by atoms with Gasteiger partial charge in [-0.1, -0.05) is 6.92 Å². The standard InChI is InChI=1S/C15H18O7/c1-5-15(22-4)6-7(16)8-9(14(15)19)11(18)13(21-3)12(20-2)10(8)17/h17-18H,5-6H2,1-4H3. The fraction of sp³-hybridized carbons (Fsp3) is 0.467. The van der Waals surface area contributed by atoms with Gasteiger partial charge in [0.15, 0.2) is 23.1 Å². The molecule has 0 fully saturated rings. The molecule has 0 saturated carbocycles. The SMILES string of the molecule is CCC1(OC)CC(=O)c2c(O)c(OC)c(OC)c(O)c2C1=O. The summed E-state index contributed by atoms with van der Waals surface area (Å²) in [7, 11) is 3.84. The number of aromatic hydroxyl groups is 2. The minimum absolute atomic E-state index is 0.193. The zero-order valence-electron chi connectivity index (χ0n) is 12.8. The summed E-state index contributed by atoms with van der Waals surface area (Å²) < 4.78 is 15.2. The van der Waals surface area contributed by atoms with Crippen LogP contribution in [0.25, 0.3) is 0 Å². The molecule has 0 saturated heterocycles. The van der Waals surface area contributed by atoms with Crippen LogP contribution in [0.1, 0.15) is 40.5 Å². The summed E-state index contributed by atoms with van der Waals surface area (Å²) in [5, 5.41) is 20.6. The van der Waals surface area contributed by atoms with Crippen LogP contribution in [-0.2, 0) is 4.74 Å². The second-order valence-electron chi connectivity index (χ2n) is 4.99. The Morgan fingerprint density at radius 1 is 1.00 bits per heavy atom. The number of benzene rings is 1. The zero-order chi connectivity index (χ0) is 16.7. The lowest BCUT2D eigenvalue weighted by molar-refractivity contribution is -0.00558. The molecule has 2 rings (SSSR count). The molecule has 0 amide bonds. The highest BCUT2D eigenvalue weighted by Crippen LogP contribution is 2.52. The van der Waals surface area contributed by atoms with E-state index in [1.807, 2.05) is 0 Å². The molecular weight excluding hydrogens is 292 g/mol. The molecule has 0 spiro atoms.